The first-order valence-electron chi connectivity index (χ1n) is 12.4. The molecule has 11 heteroatoms. The maximum Gasteiger partial charge on any atom is 0.294 e. The van der Waals surface area contributed by atoms with Crippen LogP contribution in [0.4, 0.5) is 16.2 Å². The second-order valence-electron chi connectivity index (χ2n) is 8.99. The molecule has 1 N–H and O–H groups in total. The molecular formula is C29H27N3O7S. The van der Waals surface area contributed by atoms with Crippen molar-refractivity contribution in [2.24, 2.45) is 0 Å². The van der Waals surface area contributed by atoms with Gasteiger partial charge in [-0.2, -0.15) is 0 Å². The summed E-state index contributed by atoms with van der Waals surface area (Å²) in [4.78, 5) is 49.8. The van der Waals surface area contributed by atoms with E-state index < -0.39 is 28.5 Å². The zero-order valence-electron chi connectivity index (χ0n) is 22.1. The van der Waals surface area contributed by atoms with Crippen LogP contribution in [0, 0.1) is 24.0 Å². The van der Waals surface area contributed by atoms with E-state index in [0.29, 0.717) is 34.9 Å². The fourth-order valence-corrected chi connectivity index (χ4v) is 4.84. The van der Waals surface area contributed by atoms with Gasteiger partial charge < -0.3 is 14.8 Å². The number of imide groups is 1. The Labute approximate surface area is 235 Å². The molecule has 4 rings (SSSR count). The quantitative estimate of drug-likeness (QED) is 0.185. The van der Waals surface area contributed by atoms with Crippen molar-refractivity contribution < 1.29 is 28.8 Å². The Morgan fingerprint density at radius 1 is 1.05 bits per heavy atom. The van der Waals surface area contributed by atoms with Crippen LogP contribution in [-0.4, -0.2) is 40.0 Å². The lowest BCUT2D eigenvalue weighted by Crippen LogP contribution is -2.36. The molecule has 40 heavy (non-hydrogen) atoms. The molecule has 10 nitrogen and oxygen atoms in total. The molecule has 3 amide bonds. The van der Waals surface area contributed by atoms with Gasteiger partial charge in [-0.05, 0) is 73.5 Å². The van der Waals surface area contributed by atoms with Crippen LogP contribution in [0.5, 0.6) is 11.5 Å². The molecule has 1 aliphatic rings. The number of nitro groups is 1. The van der Waals surface area contributed by atoms with Crippen molar-refractivity contribution in [3.05, 3.63) is 97.9 Å². The Kier molecular flexibility index (Phi) is 8.85. The summed E-state index contributed by atoms with van der Waals surface area (Å²) in [6, 6.07) is 16.8. The van der Waals surface area contributed by atoms with Crippen LogP contribution in [0.1, 0.15) is 29.2 Å². The minimum Gasteiger partial charge on any atom is -0.490 e. The maximum atomic E-state index is 13.0. The van der Waals surface area contributed by atoms with Crippen molar-refractivity contribution in [1.82, 2.24) is 4.90 Å². The number of thioether (sulfide) groups is 1. The third-order valence-corrected chi connectivity index (χ3v) is 6.82. The number of carbonyl (C=O) groups excluding carboxylic acids is 3. The Morgan fingerprint density at radius 2 is 1.85 bits per heavy atom. The zero-order chi connectivity index (χ0) is 28.8. The molecule has 0 spiro atoms. The van der Waals surface area contributed by atoms with Gasteiger partial charge in [0, 0.05) is 17.8 Å². The first-order valence-corrected chi connectivity index (χ1v) is 13.2. The number of nitrogens with zero attached hydrogens (tertiary/aromatic N) is 2. The molecule has 3 aromatic carbocycles. The number of non-ortho nitro benzene ring substituents is 1. The number of rotatable bonds is 10. The van der Waals surface area contributed by atoms with Crippen molar-refractivity contribution >= 4 is 46.3 Å². The molecule has 0 atom stereocenters. The Balaban J connectivity index is 1.45. The summed E-state index contributed by atoms with van der Waals surface area (Å²) in [6.45, 7) is 5.66. The fourth-order valence-electron chi connectivity index (χ4n) is 4.00. The molecule has 206 valence electrons. The van der Waals surface area contributed by atoms with Gasteiger partial charge in [-0.1, -0.05) is 35.9 Å². The molecular weight excluding hydrogens is 534 g/mol. The maximum absolute atomic E-state index is 13.0. The molecule has 3 aromatic rings. The standard InChI is InChI=1S/C29H27N3O7S/c1-4-38-25-14-20(9-11-24(25)39-17-21-6-5-7-22(13-21)32(36)37)15-26-28(34)31(29(35)40-26)16-27(33)30-23-10-8-18(2)12-19(23)3/h5-15H,4,16-17H2,1-3H3,(H,30,33)/b26-15+. The van der Waals surface area contributed by atoms with Gasteiger partial charge in [-0.15, -0.1) is 0 Å². The van der Waals surface area contributed by atoms with Gasteiger partial charge in [-0.3, -0.25) is 29.4 Å². The van der Waals surface area contributed by atoms with Gasteiger partial charge in [0.2, 0.25) is 5.91 Å². The van der Waals surface area contributed by atoms with E-state index in [1.165, 1.54) is 12.1 Å². The predicted molar refractivity (Wildman–Crippen MR) is 152 cm³/mol. The van der Waals surface area contributed by atoms with Crippen LogP contribution in [0.3, 0.4) is 0 Å². The first-order chi connectivity index (χ1) is 19.1. The minimum atomic E-state index is -0.560. The molecule has 0 saturated carbocycles. The van der Waals surface area contributed by atoms with Gasteiger partial charge in [-0.25, -0.2) is 0 Å². The highest BCUT2D eigenvalue weighted by Gasteiger charge is 2.36. The summed E-state index contributed by atoms with van der Waals surface area (Å²) in [7, 11) is 0. The second-order valence-corrected chi connectivity index (χ2v) is 9.98. The van der Waals surface area contributed by atoms with E-state index in [9.17, 15) is 24.5 Å². The summed E-state index contributed by atoms with van der Waals surface area (Å²) >= 11 is 0.756. The summed E-state index contributed by atoms with van der Waals surface area (Å²) in [5.41, 5.74) is 3.74. The van der Waals surface area contributed by atoms with Crippen molar-refractivity contribution in [3.8, 4) is 11.5 Å². The number of amides is 3. The second kappa shape index (κ2) is 12.5. The SMILES string of the molecule is CCOc1cc(/C=C2/SC(=O)N(CC(=O)Nc3ccc(C)cc3C)C2=O)ccc1OCc1cccc([N+](=O)[O-])c1. The molecule has 0 bridgehead atoms. The molecule has 1 fully saturated rings. The molecule has 0 radical (unpaired) electrons. The predicted octanol–water partition coefficient (Wildman–Crippen LogP) is 5.86. The van der Waals surface area contributed by atoms with E-state index in [0.717, 1.165) is 27.8 Å². The first kappa shape index (κ1) is 28.4. The third kappa shape index (κ3) is 6.86. The van der Waals surface area contributed by atoms with Gasteiger partial charge in [0.1, 0.15) is 13.2 Å². The van der Waals surface area contributed by atoms with Crippen molar-refractivity contribution in [1.29, 1.82) is 0 Å². The van der Waals surface area contributed by atoms with Crippen LogP contribution >= 0.6 is 11.8 Å². The molecule has 1 heterocycles. The molecule has 1 saturated heterocycles. The summed E-state index contributed by atoms with van der Waals surface area (Å²) < 4.78 is 11.6. The highest BCUT2D eigenvalue weighted by Crippen LogP contribution is 2.35. The van der Waals surface area contributed by atoms with Crippen molar-refractivity contribution in [3.63, 3.8) is 0 Å². The van der Waals surface area contributed by atoms with E-state index in [1.54, 1.807) is 42.5 Å². The number of hydrogen-bond donors (Lipinski definition) is 1. The zero-order valence-corrected chi connectivity index (χ0v) is 22.9. The Morgan fingerprint density at radius 3 is 2.58 bits per heavy atom. The van der Waals surface area contributed by atoms with E-state index >= 15 is 0 Å². The number of nitrogens with one attached hydrogen (secondary N) is 1. The smallest absolute Gasteiger partial charge is 0.294 e. The number of aryl methyl sites for hydroxylation is 2. The number of nitro benzene ring substituents is 1. The normalized spacial score (nSPS) is 14.0. The van der Waals surface area contributed by atoms with Crippen LogP contribution in [0.25, 0.3) is 6.08 Å². The van der Waals surface area contributed by atoms with Crippen molar-refractivity contribution in [2.75, 3.05) is 18.5 Å². The minimum absolute atomic E-state index is 0.0295. The van der Waals surface area contributed by atoms with Crippen molar-refractivity contribution in [2.45, 2.75) is 27.4 Å². The lowest BCUT2D eigenvalue weighted by Gasteiger charge is -2.14. The lowest BCUT2D eigenvalue weighted by molar-refractivity contribution is -0.384. The van der Waals surface area contributed by atoms with Crippen LogP contribution in [-0.2, 0) is 16.2 Å². The number of anilines is 1. The lowest BCUT2D eigenvalue weighted by atomic mass is 10.1. The average Bonchev–Trinajstić information content (AvgIpc) is 3.17. The number of hydrogen-bond acceptors (Lipinski definition) is 8. The topological polar surface area (TPSA) is 128 Å². The Bertz CT molecular complexity index is 1520. The Hall–Kier alpha value is -4.64. The summed E-state index contributed by atoms with van der Waals surface area (Å²) in [5, 5.41) is 13.2. The summed E-state index contributed by atoms with van der Waals surface area (Å²) in [6.07, 6.45) is 1.56. The van der Waals surface area contributed by atoms with Gasteiger partial charge in [0.25, 0.3) is 16.8 Å². The molecule has 0 unspecified atom stereocenters. The van der Waals surface area contributed by atoms with Gasteiger partial charge in [0.05, 0.1) is 16.4 Å². The van der Waals surface area contributed by atoms with E-state index in [1.807, 2.05) is 32.9 Å². The van der Waals surface area contributed by atoms with E-state index in [-0.39, 0.29) is 17.2 Å². The monoisotopic (exact) mass is 561 g/mol. The third-order valence-electron chi connectivity index (χ3n) is 5.91. The number of carbonyl (C=O) groups is 3. The molecule has 0 aromatic heterocycles. The molecule has 0 aliphatic carbocycles. The number of ether oxygens (including phenoxy) is 2. The van der Waals surface area contributed by atoms with E-state index in [4.69, 9.17) is 9.47 Å². The molecule has 1 aliphatic heterocycles. The fraction of sp³-hybridized carbons (Fsp3) is 0.207. The highest BCUT2D eigenvalue weighted by atomic mass is 32.2. The largest absolute Gasteiger partial charge is 0.490 e. The van der Waals surface area contributed by atoms with Crippen LogP contribution in [0.15, 0.2) is 65.6 Å². The highest BCUT2D eigenvalue weighted by molar-refractivity contribution is 8.18. The van der Waals surface area contributed by atoms with E-state index in [2.05, 4.69) is 5.32 Å². The van der Waals surface area contributed by atoms with Gasteiger partial charge >= 0.3 is 0 Å². The summed E-state index contributed by atoms with van der Waals surface area (Å²) in [5.74, 6) is -0.204. The van der Waals surface area contributed by atoms with Crippen LogP contribution < -0.4 is 14.8 Å². The van der Waals surface area contributed by atoms with Crippen LogP contribution in [0.2, 0.25) is 0 Å². The average molecular weight is 562 g/mol. The van der Waals surface area contributed by atoms with Gasteiger partial charge in [0.15, 0.2) is 11.5 Å². The number of benzene rings is 3.